The topological polar surface area (TPSA) is 67.3 Å². The van der Waals surface area contributed by atoms with Crippen molar-refractivity contribution in [2.75, 3.05) is 0 Å². The zero-order valence-corrected chi connectivity index (χ0v) is 37.4. The summed E-state index contributed by atoms with van der Waals surface area (Å²) in [6.45, 7) is 2.07. The first-order chi connectivity index (χ1) is 34.1. The standard InChI is InChI=1S/C63H38N6/c1-39-17-16-18-40(37-64)59(39)41-35-57(68-55-29-14-10-25-46(55)50-33-31-48-44-23-8-12-27-53(44)66(60(48)62(50)68)42-19-4-2-5-20-42)52(38-65)58(36-41)69-56-30-15-11-26-47(56)51-34-32-49-45-24-9-13-28-54(45)67(61(49)63(51)69)43-21-6-3-7-22-43/h2-36H,1H3. The number of hydrogen-bond acceptors (Lipinski definition) is 2. The molecule has 0 unspecified atom stereocenters. The monoisotopic (exact) mass is 878 g/mol. The van der Waals surface area contributed by atoms with Gasteiger partial charge in [0.2, 0.25) is 0 Å². The molecule has 0 amide bonds. The van der Waals surface area contributed by atoms with Crippen LogP contribution in [0.25, 0.3) is 121 Å². The summed E-state index contributed by atoms with van der Waals surface area (Å²) in [7, 11) is 0. The molecule has 0 radical (unpaired) electrons. The van der Waals surface area contributed by atoms with Crippen molar-refractivity contribution in [3.63, 3.8) is 0 Å². The zero-order valence-electron chi connectivity index (χ0n) is 37.4. The Morgan fingerprint density at radius 2 is 0.696 bits per heavy atom. The number of benzene rings is 10. The number of nitriles is 2. The number of nitrogens with zero attached hydrogens (tertiary/aromatic N) is 6. The number of aromatic nitrogens is 4. The minimum atomic E-state index is 0.509. The van der Waals surface area contributed by atoms with Gasteiger partial charge in [0.15, 0.2) is 0 Å². The minimum Gasteiger partial charge on any atom is -0.307 e. The Kier molecular flexibility index (Phi) is 8.23. The molecule has 10 aromatic carbocycles. The van der Waals surface area contributed by atoms with E-state index in [0.717, 1.165) is 127 Å². The molecule has 0 atom stereocenters. The smallest absolute Gasteiger partial charge is 0.104 e. The summed E-state index contributed by atoms with van der Waals surface area (Å²) in [5.74, 6) is 0. The molecule has 0 aliphatic carbocycles. The van der Waals surface area contributed by atoms with Gasteiger partial charge in [-0.2, -0.15) is 10.5 Å². The van der Waals surface area contributed by atoms with Crippen LogP contribution in [-0.2, 0) is 0 Å². The zero-order chi connectivity index (χ0) is 45.9. The first-order valence-electron chi connectivity index (χ1n) is 23.2. The number of aryl methyl sites for hydroxylation is 1. The highest BCUT2D eigenvalue weighted by Crippen LogP contribution is 2.47. The first-order valence-corrected chi connectivity index (χ1v) is 23.2. The van der Waals surface area contributed by atoms with Crippen LogP contribution in [0.15, 0.2) is 212 Å². The fourth-order valence-electron chi connectivity index (χ4n) is 11.6. The second-order valence-electron chi connectivity index (χ2n) is 17.9. The van der Waals surface area contributed by atoms with Crippen LogP contribution in [-0.4, -0.2) is 18.3 Å². The van der Waals surface area contributed by atoms with Crippen LogP contribution in [0.5, 0.6) is 0 Å². The van der Waals surface area contributed by atoms with Crippen molar-refractivity contribution in [1.29, 1.82) is 10.5 Å². The second kappa shape index (κ2) is 14.7. The van der Waals surface area contributed by atoms with Crippen molar-refractivity contribution in [3.8, 4) is 46.0 Å². The summed E-state index contributed by atoms with van der Waals surface area (Å²) in [6, 6.07) is 80.0. The Morgan fingerprint density at radius 3 is 1.09 bits per heavy atom. The van der Waals surface area contributed by atoms with Crippen LogP contribution in [0.4, 0.5) is 0 Å². The van der Waals surface area contributed by atoms with Crippen LogP contribution in [0.1, 0.15) is 16.7 Å². The minimum absolute atomic E-state index is 0.509. The molecular formula is C63H38N6. The summed E-state index contributed by atoms with van der Waals surface area (Å²) < 4.78 is 9.40. The number of rotatable bonds is 5. The van der Waals surface area contributed by atoms with Crippen LogP contribution < -0.4 is 0 Å². The molecule has 0 saturated heterocycles. The Labute approximate surface area is 396 Å². The third kappa shape index (κ3) is 5.34. The maximum atomic E-state index is 12.1. The maximum absolute atomic E-state index is 12.1. The third-order valence-electron chi connectivity index (χ3n) is 14.3. The van der Waals surface area contributed by atoms with E-state index in [1.54, 1.807) is 0 Å². The molecule has 0 spiro atoms. The van der Waals surface area contributed by atoms with Crippen molar-refractivity contribution < 1.29 is 0 Å². The van der Waals surface area contributed by atoms with Crippen molar-refractivity contribution in [3.05, 3.63) is 229 Å². The lowest BCUT2D eigenvalue weighted by molar-refractivity contribution is 1.11. The van der Waals surface area contributed by atoms with Gasteiger partial charge in [0, 0.05) is 60.0 Å². The fourth-order valence-corrected chi connectivity index (χ4v) is 11.6. The van der Waals surface area contributed by atoms with E-state index in [1.807, 2.05) is 12.1 Å². The van der Waals surface area contributed by atoms with Crippen molar-refractivity contribution >= 4 is 87.2 Å². The average molecular weight is 879 g/mol. The molecule has 4 aromatic heterocycles. The van der Waals surface area contributed by atoms with Crippen LogP contribution in [0, 0.1) is 29.6 Å². The van der Waals surface area contributed by atoms with Gasteiger partial charge in [0.05, 0.1) is 67.1 Å². The SMILES string of the molecule is Cc1cccc(C#N)c1-c1cc(-n2c3ccccc3c3ccc4c5ccccc5n(-c5ccccc5)c4c32)c(C#N)c(-n2c3ccccc3c3ccc4c5ccccc5n(-c5ccccc5)c4c32)c1. The quantitative estimate of drug-likeness (QED) is 0.173. The number of fused-ring (bicyclic) bond motifs is 14. The lowest BCUT2D eigenvalue weighted by Gasteiger charge is -2.20. The molecule has 0 saturated carbocycles. The average Bonchev–Trinajstić information content (AvgIpc) is 4.14. The number of hydrogen-bond donors (Lipinski definition) is 0. The molecule has 69 heavy (non-hydrogen) atoms. The van der Waals surface area contributed by atoms with E-state index in [4.69, 9.17) is 0 Å². The molecule has 6 nitrogen and oxygen atoms in total. The van der Waals surface area contributed by atoms with Gasteiger partial charge in [-0.25, -0.2) is 0 Å². The molecule has 0 fully saturated rings. The van der Waals surface area contributed by atoms with Crippen LogP contribution in [0.3, 0.4) is 0 Å². The Bertz CT molecular complexity index is 4310. The molecule has 320 valence electrons. The van der Waals surface area contributed by atoms with Gasteiger partial charge in [0.25, 0.3) is 0 Å². The Balaban J connectivity index is 1.23. The normalized spacial score (nSPS) is 11.8. The lowest BCUT2D eigenvalue weighted by Crippen LogP contribution is -2.07. The summed E-state index contributed by atoms with van der Waals surface area (Å²) in [5.41, 5.74) is 15.5. The molecule has 14 rings (SSSR count). The maximum Gasteiger partial charge on any atom is 0.104 e. The highest BCUT2D eigenvalue weighted by atomic mass is 15.1. The summed E-state index contributed by atoms with van der Waals surface area (Å²) in [5, 5.41) is 31.7. The van der Waals surface area contributed by atoms with Crippen molar-refractivity contribution in [2.24, 2.45) is 0 Å². The highest BCUT2D eigenvalue weighted by Gasteiger charge is 2.28. The van der Waals surface area contributed by atoms with Gasteiger partial charge in [-0.05, 0) is 84.8 Å². The van der Waals surface area contributed by atoms with Gasteiger partial charge >= 0.3 is 0 Å². The molecule has 0 N–H and O–H groups in total. The van der Waals surface area contributed by atoms with Gasteiger partial charge in [-0.3, -0.25) is 0 Å². The molecule has 4 heterocycles. The van der Waals surface area contributed by atoms with E-state index in [1.165, 1.54) is 0 Å². The van der Waals surface area contributed by atoms with E-state index in [9.17, 15) is 10.5 Å². The lowest BCUT2D eigenvalue weighted by atomic mass is 9.93. The molecular weight excluding hydrogens is 841 g/mol. The molecule has 0 aliphatic rings. The molecule has 0 aliphatic heterocycles. The predicted octanol–water partition coefficient (Wildman–Crippen LogP) is 15.8. The van der Waals surface area contributed by atoms with Crippen molar-refractivity contribution in [1.82, 2.24) is 18.3 Å². The second-order valence-corrected chi connectivity index (χ2v) is 17.9. The Morgan fingerprint density at radius 1 is 0.333 bits per heavy atom. The van der Waals surface area contributed by atoms with Gasteiger partial charge < -0.3 is 18.3 Å². The molecule has 6 heteroatoms. The number of para-hydroxylation sites is 6. The van der Waals surface area contributed by atoms with E-state index < -0.39 is 0 Å². The first kappa shape index (κ1) is 38.6. The van der Waals surface area contributed by atoms with Gasteiger partial charge in [0.1, 0.15) is 11.6 Å². The van der Waals surface area contributed by atoms with Gasteiger partial charge in [-0.15, -0.1) is 0 Å². The van der Waals surface area contributed by atoms with Gasteiger partial charge in [-0.1, -0.05) is 146 Å². The largest absolute Gasteiger partial charge is 0.307 e. The van der Waals surface area contributed by atoms with E-state index >= 15 is 0 Å². The van der Waals surface area contributed by atoms with Crippen molar-refractivity contribution in [2.45, 2.75) is 6.92 Å². The molecule has 0 bridgehead atoms. The Hall–Kier alpha value is -9.62. The predicted molar refractivity (Wildman–Crippen MR) is 283 cm³/mol. The summed E-state index contributed by atoms with van der Waals surface area (Å²) >= 11 is 0. The van der Waals surface area contributed by atoms with E-state index in [0.29, 0.717) is 11.1 Å². The van der Waals surface area contributed by atoms with Crippen LogP contribution in [0.2, 0.25) is 0 Å². The van der Waals surface area contributed by atoms with E-state index in [-0.39, 0.29) is 0 Å². The third-order valence-corrected chi connectivity index (χ3v) is 14.3. The van der Waals surface area contributed by atoms with E-state index in [2.05, 4.69) is 238 Å². The van der Waals surface area contributed by atoms with Crippen LogP contribution >= 0.6 is 0 Å². The highest BCUT2D eigenvalue weighted by molar-refractivity contribution is 6.25. The molecule has 14 aromatic rings. The summed E-state index contributed by atoms with van der Waals surface area (Å²) in [4.78, 5) is 0. The summed E-state index contributed by atoms with van der Waals surface area (Å²) in [6.07, 6.45) is 0. The fraction of sp³-hybridized carbons (Fsp3) is 0.0159.